The van der Waals surface area contributed by atoms with E-state index in [4.69, 9.17) is 4.74 Å². The molecule has 4 nitrogen and oxygen atoms in total. The molecule has 0 aromatic rings. The number of hydrogen-bond acceptors (Lipinski definition) is 2. The summed E-state index contributed by atoms with van der Waals surface area (Å²) in [4.78, 5) is 0. The zero-order chi connectivity index (χ0) is 6.04. The molecule has 1 rings (SSSR count). The molecule has 0 N–H and O–H groups in total. The highest BCUT2D eigenvalue weighted by Crippen LogP contribution is 2.02. The Balaban J connectivity index is 0.000000640. The Bertz CT molecular complexity index is 77.0. The molecule has 0 saturated carbocycles. The lowest BCUT2D eigenvalue weighted by atomic mass is 10.4. The quantitative estimate of drug-likeness (QED) is 0.328. The predicted octanol–water partition coefficient (Wildman–Crippen LogP) is -0.520. The number of rotatable bonds is 0. The minimum Gasteiger partial charge on any atom is -0.633 e. The maximum absolute atomic E-state index is 11.0. The van der Waals surface area contributed by atoms with Gasteiger partial charge in [0.1, 0.15) is 13.1 Å². The van der Waals surface area contributed by atoms with Crippen molar-refractivity contribution in [1.29, 1.82) is 0 Å². The molecule has 0 unspecified atom stereocenters. The van der Waals surface area contributed by atoms with Gasteiger partial charge in [-0.3, -0.25) is 0 Å². The van der Waals surface area contributed by atoms with E-state index in [2.05, 4.69) is 0 Å². The molecule has 9 heavy (non-hydrogen) atoms. The van der Waals surface area contributed by atoms with Crippen LogP contribution in [0.25, 0.3) is 0 Å². The molecular weight excluding hydrogens is 120 g/mol. The molecule has 1 fully saturated rings. The topological polar surface area (TPSA) is 62.8 Å². The summed E-state index contributed by atoms with van der Waals surface area (Å²) in [5, 5.41) is 11.0. The fourth-order valence-corrected chi connectivity index (χ4v) is 0.729. The number of hydroxylamine groups is 3. The van der Waals surface area contributed by atoms with E-state index in [9.17, 15) is 5.21 Å². The highest BCUT2D eigenvalue weighted by molar-refractivity contribution is 4.44. The fraction of sp³-hybridized carbons (Fsp3) is 1.00. The molecule has 0 aromatic heterocycles. The Hall–Kier alpha value is -0.160. The highest BCUT2D eigenvalue weighted by Gasteiger charge is 2.13. The monoisotopic (exact) mass is 131 g/mol. The van der Waals surface area contributed by atoms with E-state index in [0.717, 1.165) is 0 Å². The van der Waals surface area contributed by atoms with E-state index in [-0.39, 0.29) is 10.8 Å². The SMILES string of the molecule is C[N+]1([O-])CCOCC1.[N]. The predicted molar refractivity (Wildman–Crippen MR) is 32.2 cm³/mol. The van der Waals surface area contributed by atoms with Gasteiger partial charge in [0.25, 0.3) is 0 Å². The molecule has 1 heterocycles. The van der Waals surface area contributed by atoms with Gasteiger partial charge in [-0.2, -0.15) is 0 Å². The fourth-order valence-electron chi connectivity index (χ4n) is 0.729. The Morgan fingerprint density at radius 1 is 1.33 bits per heavy atom. The Labute approximate surface area is 55.2 Å². The van der Waals surface area contributed by atoms with Crippen LogP contribution in [0.4, 0.5) is 0 Å². The molecule has 3 radical (unpaired) electrons. The van der Waals surface area contributed by atoms with Crippen molar-refractivity contribution in [3.05, 3.63) is 5.21 Å². The van der Waals surface area contributed by atoms with Gasteiger partial charge >= 0.3 is 0 Å². The van der Waals surface area contributed by atoms with Gasteiger partial charge in [-0.1, -0.05) is 0 Å². The van der Waals surface area contributed by atoms with Gasteiger partial charge < -0.3 is 14.6 Å². The van der Waals surface area contributed by atoms with Crippen LogP contribution in [0.1, 0.15) is 0 Å². The van der Waals surface area contributed by atoms with Crippen LogP contribution in [-0.4, -0.2) is 38.0 Å². The molecule has 1 aliphatic rings. The maximum Gasteiger partial charge on any atom is 0.102 e. The van der Waals surface area contributed by atoms with Crippen LogP contribution in [0.3, 0.4) is 0 Å². The Morgan fingerprint density at radius 2 is 1.78 bits per heavy atom. The third kappa shape index (κ3) is 2.76. The van der Waals surface area contributed by atoms with Crippen LogP contribution >= 0.6 is 0 Å². The van der Waals surface area contributed by atoms with E-state index in [0.29, 0.717) is 26.3 Å². The average Bonchev–Trinajstić information content (AvgIpc) is 1.65. The van der Waals surface area contributed by atoms with Crippen molar-refractivity contribution >= 4 is 0 Å². The number of hydrogen-bond donors (Lipinski definition) is 0. The lowest BCUT2D eigenvalue weighted by Crippen LogP contribution is -2.46. The third-order valence-electron chi connectivity index (χ3n) is 1.42. The normalized spacial score (nSPS) is 24.7. The first-order valence-corrected chi connectivity index (χ1v) is 2.84. The van der Waals surface area contributed by atoms with E-state index in [1.807, 2.05) is 0 Å². The van der Waals surface area contributed by atoms with Gasteiger partial charge in [-0.05, 0) is 0 Å². The molecule has 53 valence electrons. The second-order valence-corrected chi connectivity index (χ2v) is 2.36. The maximum atomic E-state index is 11.0. The first kappa shape index (κ1) is 8.84. The van der Waals surface area contributed by atoms with Crippen molar-refractivity contribution in [1.82, 2.24) is 6.15 Å². The zero-order valence-electron chi connectivity index (χ0n) is 5.54. The molecule has 0 bridgehead atoms. The standard InChI is InChI=1S/C5H11NO2.N/c1-6(7)2-4-8-5-3-6;/h2-5H2,1H3;. The van der Waals surface area contributed by atoms with Gasteiger partial charge in [0.2, 0.25) is 0 Å². The summed E-state index contributed by atoms with van der Waals surface area (Å²) in [6.07, 6.45) is 0. The minimum absolute atomic E-state index is 0. The second-order valence-electron chi connectivity index (χ2n) is 2.36. The number of nitrogens with zero attached hydrogens (tertiary/aromatic N) is 2. The van der Waals surface area contributed by atoms with E-state index < -0.39 is 0 Å². The second kappa shape index (κ2) is 3.12. The number of quaternary nitrogens is 1. The summed E-state index contributed by atoms with van der Waals surface area (Å²) in [6.45, 7) is 2.47. The van der Waals surface area contributed by atoms with Gasteiger partial charge in [-0.25, -0.2) is 0 Å². The molecule has 0 amide bonds. The Morgan fingerprint density at radius 3 is 2.00 bits per heavy atom. The first-order chi connectivity index (χ1) is 3.71. The summed E-state index contributed by atoms with van der Waals surface area (Å²) in [6, 6.07) is 0. The van der Waals surface area contributed by atoms with Crippen molar-refractivity contribution in [3.63, 3.8) is 0 Å². The summed E-state index contributed by atoms with van der Waals surface area (Å²) in [5.74, 6) is 0. The molecule has 0 aromatic carbocycles. The van der Waals surface area contributed by atoms with Gasteiger partial charge in [-0.15, -0.1) is 0 Å². The lowest BCUT2D eigenvalue weighted by molar-refractivity contribution is -0.869. The van der Waals surface area contributed by atoms with Crippen molar-refractivity contribution in [2.45, 2.75) is 0 Å². The number of ether oxygens (including phenoxy) is 1. The smallest absolute Gasteiger partial charge is 0.102 e. The average molecular weight is 131 g/mol. The Kier molecular flexibility index (Phi) is 3.07. The molecule has 0 aliphatic carbocycles. The lowest BCUT2D eigenvalue weighted by Gasteiger charge is -2.41. The van der Waals surface area contributed by atoms with Crippen LogP contribution in [0, 0.1) is 5.21 Å². The van der Waals surface area contributed by atoms with E-state index in [1.54, 1.807) is 7.05 Å². The number of morpholine rings is 1. The van der Waals surface area contributed by atoms with Crippen molar-refractivity contribution in [2.75, 3.05) is 33.4 Å². The number of likely N-dealkylation sites (N-methyl/N-ethyl adjacent to an activating group) is 1. The molecular formula is C5H11N2O2. The molecule has 0 spiro atoms. The minimum atomic E-state index is -0.125. The van der Waals surface area contributed by atoms with Crippen LogP contribution in [0.15, 0.2) is 0 Å². The summed E-state index contributed by atoms with van der Waals surface area (Å²) < 4.78 is 4.86. The first-order valence-electron chi connectivity index (χ1n) is 2.84. The van der Waals surface area contributed by atoms with E-state index >= 15 is 0 Å². The molecule has 4 heteroatoms. The summed E-state index contributed by atoms with van der Waals surface area (Å²) in [5.41, 5.74) is 0. The van der Waals surface area contributed by atoms with E-state index in [1.165, 1.54) is 0 Å². The van der Waals surface area contributed by atoms with Crippen LogP contribution in [0.5, 0.6) is 0 Å². The third-order valence-corrected chi connectivity index (χ3v) is 1.42. The van der Waals surface area contributed by atoms with Crippen molar-refractivity contribution in [2.24, 2.45) is 0 Å². The van der Waals surface area contributed by atoms with Gasteiger partial charge in [0.05, 0.1) is 20.3 Å². The molecule has 1 aliphatic heterocycles. The van der Waals surface area contributed by atoms with Crippen molar-refractivity contribution < 1.29 is 9.38 Å². The highest BCUT2D eigenvalue weighted by atomic mass is 16.6. The summed E-state index contributed by atoms with van der Waals surface area (Å²) >= 11 is 0. The van der Waals surface area contributed by atoms with Crippen LogP contribution < -0.4 is 6.15 Å². The van der Waals surface area contributed by atoms with Gasteiger partial charge in [0.15, 0.2) is 0 Å². The summed E-state index contributed by atoms with van der Waals surface area (Å²) in [7, 11) is 1.68. The largest absolute Gasteiger partial charge is 0.633 e. The molecule has 1 saturated heterocycles. The van der Waals surface area contributed by atoms with Crippen LogP contribution in [-0.2, 0) is 4.74 Å². The van der Waals surface area contributed by atoms with Crippen LogP contribution in [0.2, 0.25) is 0 Å². The zero-order valence-corrected chi connectivity index (χ0v) is 5.54. The molecule has 0 atom stereocenters. The van der Waals surface area contributed by atoms with Crippen molar-refractivity contribution in [3.8, 4) is 0 Å². The van der Waals surface area contributed by atoms with Gasteiger partial charge in [0, 0.05) is 6.15 Å².